The van der Waals surface area contributed by atoms with E-state index >= 15 is 0 Å². The van der Waals surface area contributed by atoms with Gasteiger partial charge in [-0.3, -0.25) is 9.48 Å². The van der Waals surface area contributed by atoms with Crippen LogP contribution in [-0.4, -0.2) is 28.8 Å². The van der Waals surface area contributed by atoms with Crippen LogP contribution in [-0.2, 0) is 0 Å². The van der Waals surface area contributed by atoms with Crippen molar-refractivity contribution in [3.63, 3.8) is 0 Å². The van der Waals surface area contributed by atoms with Crippen molar-refractivity contribution in [2.45, 2.75) is 24.9 Å². The zero-order valence-corrected chi connectivity index (χ0v) is 16.3. The van der Waals surface area contributed by atoms with Gasteiger partial charge in [0.25, 0.3) is 5.91 Å². The number of benzene rings is 2. The second kappa shape index (κ2) is 8.59. The molecule has 0 aliphatic carbocycles. The highest BCUT2D eigenvalue weighted by atomic mass is 35.5. The molecule has 2 heterocycles. The van der Waals surface area contributed by atoms with Crippen LogP contribution < -0.4 is 10.6 Å². The molecule has 0 bridgehead atoms. The standard InChI is InChI=1S/C22H23ClN4O/c23-18-10-8-17(9-11-18)21(16-5-2-1-3-6-16)25-22(28)20-12-14-27(26-20)19-7-4-13-24-15-19/h1-3,5-6,8-12,14,19,21,24H,4,7,13,15H2,(H,25,28). The van der Waals surface area contributed by atoms with Crippen molar-refractivity contribution in [3.8, 4) is 0 Å². The highest BCUT2D eigenvalue weighted by molar-refractivity contribution is 6.30. The van der Waals surface area contributed by atoms with Crippen LogP contribution in [0.3, 0.4) is 0 Å². The van der Waals surface area contributed by atoms with Crippen LogP contribution >= 0.6 is 11.6 Å². The minimum atomic E-state index is -0.271. The average Bonchev–Trinajstić information content (AvgIpc) is 3.24. The van der Waals surface area contributed by atoms with Crippen molar-refractivity contribution in [1.29, 1.82) is 0 Å². The van der Waals surface area contributed by atoms with E-state index < -0.39 is 0 Å². The first kappa shape index (κ1) is 18.7. The molecule has 6 heteroatoms. The van der Waals surface area contributed by atoms with Crippen LogP contribution in [0.1, 0.15) is 46.5 Å². The Kier molecular flexibility index (Phi) is 5.74. The molecule has 0 spiro atoms. The summed E-state index contributed by atoms with van der Waals surface area (Å²) in [4.78, 5) is 12.9. The summed E-state index contributed by atoms with van der Waals surface area (Å²) in [5.41, 5.74) is 2.41. The molecule has 0 saturated carbocycles. The second-order valence-electron chi connectivity index (χ2n) is 7.05. The average molecular weight is 395 g/mol. The third kappa shape index (κ3) is 4.26. The number of hydrogen-bond acceptors (Lipinski definition) is 3. The second-order valence-corrected chi connectivity index (χ2v) is 7.49. The molecule has 1 aliphatic rings. The minimum absolute atomic E-state index is 0.189. The normalized spacial score (nSPS) is 17.8. The lowest BCUT2D eigenvalue weighted by molar-refractivity contribution is 0.0936. The Bertz CT molecular complexity index is 917. The number of piperidine rings is 1. The topological polar surface area (TPSA) is 59.0 Å². The van der Waals surface area contributed by atoms with Crippen molar-refractivity contribution in [1.82, 2.24) is 20.4 Å². The van der Waals surface area contributed by atoms with Crippen LogP contribution in [0.15, 0.2) is 66.9 Å². The quantitative estimate of drug-likeness (QED) is 0.688. The number of nitrogens with one attached hydrogen (secondary N) is 2. The number of carbonyl (C=O) groups is 1. The van der Waals surface area contributed by atoms with Crippen molar-refractivity contribution < 1.29 is 4.79 Å². The van der Waals surface area contributed by atoms with Gasteiger partial charge in [-0.05, 0) is 48.7 Å². The Morgan fingerprint density at radius 2 is 1.86 bits per heavy atom. The first-order valence-electron chi connectivity index (χ1n) is 9.58. The van der Waals surface area contributed by atoms with Crippen molar-refractivity contribution in [2.24, 2.45) is 0 Å². The maximum atomic E-state index is 12.9. The molecule has 1 fully saturated rings. The van der Waals surface area contributed by atoms with Gasteiger partial charge in [0.15, 0.2) is 0 Å². The van der Waals surface area contributed by atoms with Crippen LogP contribution in [0.25, 0.3) is 0 Å². The number of nitrogens with zero attached hydrogens (tertiary/aromatic N) is 2. The van der Waals surface area contributed by atoms with E-state index in [1.807, 2.05) is 65.5 Å². The van der Waals surface area contributed by atoms with Crippen LogP contribution in [0, 0.1) is 0 Å². The van der Waals surface area contributed by atoms with Gasteiger partial charge in [-0.2, -0.15) is 5.10 Å². The fraction of sp³-hybridized carbons (Fsp3) is 0.273. The lowest BCUT2D eigenvalue weighted by Crippen LogP contribution is -2.32. The highest BCUT2D eigenvalue weighted by Crippen LogP contribution is 2.24. The fourth-order valence-corrected chi connectivity index (χ4v) is 3.71. The summed E-state index contributed by atoms with van der Waals surface area (Å²) >= 11 is 6.04. The van der Waals surface area contributed by atoms with Gasteiger partial charge in [0.05, 0.1) is 12.1 Å². The van der Waals surface area contributed by atoms with Gasteiger partial charge in [0.2, 0.25) is 0 Å². The summed E-state index contributed by atoms with van der Waals surface area (Å²) < 4.78 is 1.90. The molecular weight excluding hydrogens is 372 g/mol. The van der Waals surface area contributed by atoms with E-state index in [9.17, 15) is 4.79 Å². The Morgan fingerprint density at radius 3 is 2.57 bits per heavy atom. The van der Waals surface area contributed by atoms with E-state index in [0.717, 1.165) is 37.1 Å². The predicted molar refractivity (Wildman–Crippen MR) is 111 cm³/mol. The smallest absolute Gasteiger partial charge is 0.272 e. The summed E-state index contributed by atoms with van der Waals surface area (Å²) in [6, 6.07) is 19.3. The lowest BCUT2D eigenvalue weighted by atomic mass is 9.98. The molecule has 2 aromatic carbocycles. The van der Waals surface area contributed by atoms with E-state index in [2.05, 4.69) is 15.7 Å². The Labute approximate surface area is 169 Å². The van der Waals surface area contributed by atoms with Crippen LogP contribution in [0.4, 0.5) is 0 Å². The van der Waals surface area contributed by atoms with E-state index in [-0.39, 0.29) is 11.9 Å². The molecule has 1 amide bonds. The summed E-state index contributed by atoms with van der Waals surface area (Å²) in [7, 11) is 0. The Hall–Kier alpha value is -2.63. The molecule has 0 radical (unpaired) electrons. The lowest BCUT2D eigenvalue weighted by Gasteiger charge is -2.23. The maximum absolute atomic E-state index is 12.9. The molecule has 2 N–H and O–H groups in total. The maximum Gasteiger partial charge on any atom is 0.272 e. The van der Waals surface area contributed by atoms with Gasteiger partial charge in [0, 0.05) is 17.8 Å². The minimum Gasteiger partial charge on any atom is -0.340 e. The monoisotopic (exact) mass is 394 g/mol. The number of hydrogen-bond donors (Lipinski definition) is 2. The third-order valence-corrected chi connectivity index (χ3v) is 5.35. The van der Waals surface area contributed by atoms with E-state index in [1.54, 1.807) is 6.07 Å². The Balaban J connectivity index is 1.55. The van der Waals surface area contributed by atoms with E-state index in [4.69, 9.17) is 11.6 Å². The fourth-order valence-electron chi connectivity index (χ4n) is 3.59. The van der Waals surface area contributed by atoms with Crippen LogP contribution in [0.2, 0.25) is 5.02 Å². The molecule has 2 unspecified atom stereocenters. The molecule has 3 aromatic rings. The number of halogens is 1. The number of amides is 1. The third-order valence-electron chi connectivity index (χ3n) is 5.10. The van der Waals surface area contributed by atoms with Crippen molar-refractivity contribution in [2.75, 3.05) is 13.1 Å². The van der Waals surface area contributed by atoms with Gasteiger partial charge in [-0.15, -0.1) is 0 Å². The van der Waals surface area contributed by atoms with Gasteiger partial charge >= 0.3 is 0 Å². The molecule has 1 aromatic heterocycles. The highest BCUT2D eigenvalue weighted by Gasteiger charge is 2.21. The van der Waals surface area contributed by atoms with Crippen molar-refractivity contribution in [3.05, 3.63) is 88.7 Å². The summed E-state index contributed by atoms with van der Waals surface area (Å²) in [5.74, 6) is -0.189. The molecule has 5 nitrogen and oxygen atoms in total. The molecule has 28 heavy (non-hydrogen) atoms. The molecule has 4 rings (SSSR count). The van der Waals surface area contributed by atoms with Gasteiger partial charge in [-0.25, -0.2) is 0 Å². The predicted octanol–water partition coefficient (Wildman–Crippen LogP) is 3.98. The summed E-state index contributed by atoms with van der Waals surface area (Å²) in [6.45, 7) is 1.94. The SMILES string of the molecule is O=C(NC(c1ccccc1)c1ccc(Cl)cc1)c1ccn(C2CCCNC2)n1. The largest absolute Gasteiger partial charge is 0.340 e. The zero-order valence-electron chi connectivity index (χ0n) is 15.5. The number of aromatic nitrogens is 2. The number of rotatable bonds is 5. The van der Waals surface area contributed by atoms with E-state index in [1.165, 1.54) is 0 Å². The molecule has 144 valence electrons. The van der Waals surface area contributed by atoms with Crippen molar-refractivity contribution >= 4 is 17.5 Å². The zero-order chi connectivity index (χ0) is 19.3. The first-order chi connectivity index (χ1) is 13.7. The first-order valence-corrected chi connectivity index (χ1v) is 9.95. The molecule has 1 saturated heterocycles. The molecule has 1 aliphatic heterocycles. The molecular formula is C22H23ClN4O. The van der Waals surface area contributed by atoms with Gasteiger partial charge in [-0.1, -0.05) is 54.1 Å². The van der Waals surface area contributed by atoms with Gasteiger partial charge < -0.3 is 10.6 Å². The number of carbonyl (C=O) groups excluding carboxylic acids is 1. The Morgan fingerprint density at radius 1 is 1.11 bits per heavy atom. The summed E-state index contributed by atoms with van der Waals surface area (Å²) in [5, 5.41) is 11.7. The van der Waals surface area contributed by atoms with Crippen LogP contribution in [0.5, 0.6) is 0 Å². The van der Waals surface area contributed by atoms with Gasteiger partial charge in [0.1, 0.15) is 5.69 Å². The summed E-state index contributed by atoms with van der Waals surface area (Å²) in [6.07, 6.45) is 4.10. The molecule has 2 atom stereocenters. The van der Waals surface area contributed by atoms with E-state index in [0.29, 0.717) is 16.8 Å².